The van der Waals surface area contributed by atoms with Crippen molar-refractivity contribution in [1.29, 1.82) is 0 Å². The fourth-order valence-corrected chi connectivity index (χ4v) is 5.91. The first-order valence-electron chi connectivity index (χ1n) is 10.2. The van der Waals surface area contributed by atoms with Crippen LogP contribution in [-0.4, -0.2) is 54.7 Å². The molecule has 0 atom stereocenters. The van der Waals surface area contributed by atoms with E-state index < -0.39 is 61.8 Å². The molecule has 0 radical (unpaired) electrons. The first-order chi connectivity index (χ1) is 17.6. The number of amides is 2. The lowest BCUT2D eigenvalue weighted by Crippen LogP contribution is -2.49. The molecule has 0 aliphatic carbocycles. The molecule has 17 heteroatoms. The summed E-state index contributed by atoms with van der Waals surface area (Å²) in [5.74, 6) is -0.935. The summed E-state index contributed by atoms with van der Waals surface area (Å²) in [5.41, 5.74) is -0.115. The summed E-state index contributed by atoms with van der Waals surface area (Å²) >= 11 is 0.456. The number of halogens is 6. The van der Waals surface area contributed by atoms with Gasteiger partial charge < -0.3 is 20.3 Å². The van der Waals surface area contributed by atoms with E-state index in [0.29, 0.717) is 16.7 Å². The fourth-order valence-electron chi connectivity index (χ4n) is 3.09. The van der Waals surface area contributed by atoms with Gasteiger partial charge in [-0.05, 0) is 29.6 Å². The molecule has 9 nitrogen and oxygen atoms in total. The number of thiophene rings is 1. The van der Waals surface area contributed by atoms with E-state index >= 15 is 0 Å². The van der Waals surface area contributed by atoms with Gasteiger partial charge in [0.05, 0.1) is 0 Å². The van der Waals surface area contributed by atoms with Crippen LogP contribution >= 0.6 is 11.3 Å². The second-order valence-electron chi connectivity index (χ2n) is 7.29. The largest absolute Gasteiger partial charge is 0.504 e. The smallest absolute Gasteiger partial charge is 0.485 e. The van der Waals surface area contributed by atoms with Gasteiger partial charge in [-0.15, -0.1) is 15.6 Å². The standard InChI is InChI=1S/C21H17F6N3O6S2/c22-20(23,24)29-19(33)28-8-9-30(21(25,26)27)38(34,35)18-14(7-10-37-18)13-3-1-2-4-17(13)36-12-5-6-15(31)16(32)11-12/h1-7,10-11,31-32H,8-9H2,(H2,28,29,33). The summed E-state index contributed by atoms with van der Waals surface area (Å²) in [4.78, 5) is 11.2. The van der Waals surface area contributed by atoms with Gasteiger partial charge in [-0.1, -0.05) is 18.2 Å². The number of urea groups is 1. The van der Waals surface area contributed by atoms with Crippen molar-refractivity contribution in [2.45, 2.75) is 16.8 Å². The molecule has 0 fully saturated rings. The van der Waals surface area contributed by atoms with E-state index in [9.17, 15) is 49.8 Å². The van der Waals surface area contributed by atoms with Gasteiger partial charge in [0, 0.05) is 30.3 Å². The highest BCUT2D eigenvalue weighted by Crippen LogP contribution is 2.42. The zero-order valence-corrected chi connectivity index (χ0v) is 20.3. The van der Waals surface area contributed by atoms with Gasteiger partial charge in [0.2, 0.25) is 0 Å². The first kappa shape index (κ1) is 28.9. The Morgan fingerprint density at radius 2 is 1.66 bits per heavy atom. The monoisotopic (exact) mass is 585 g/mol. The normalized spacial score (nSPS) is 12.4. The molecule has 0 aliphatic heterocycles. The Kier molecular flexibility index (Phi) is 8.33. The highest BCUT2D eigenvalue weighted by Gasteiger charge is 2.47. The van der Waals surface area contributed by atoms with Crippen molar-refractivity contribution in [3.8, 4) is 34.1 Å². The molecule has 3 aromatic rings. The van der Waals surface area contributed by atoms with Gasteiger partial charge in [-0.2, -0.15) is 26.3 Å². The zero-order chi connectivity index (χ0) is 28.3. The van der Waals surface area contributed by atoms with E-state index in [1.807, 2.05) is 0 Å². The topological polar surface area (TPSA) is 128 Å². The molecule has 1 heterocycles. The molecule has 38 heavy (non-hydrogen) atoms. The summed E-state index contributed by atoms with van der Waals surface area (Å²) in [5, 5.41) is 22.4. The minimum Gasteiger partial charge on any atom is -0.504 e. The zero-order valence-electron chi connectivity index (χ0n) is 18.7. The number of nitrogens with zero attached hydrogens (tertiary/aromatic N) is 1. The van der Waals surface area contributed by atoms with Crippen LogP contribution in [0, 0.1) is 0 Å². The number of hydrogen-bond acceptors (Lipinski definition) is 7. The third kappa shape index (κ3) is 6.99. The summed E-state index contributed by atoms with van der Waals surface area (Å²) < 4.78 is 108. The van der Waals surface area contributed by atoms with Crippen LogP contribution in [0.4, 0.5) is 31.1 Å². The molecule has 1 aromatic heterocycles. The number of ether oxygens (including phenoxy) is 1. The summed E-state index contributed by atoms with van der Waals surface area (Å²) in [6.45, 7) is -2.51. The minimum atomic E-state index is -5.48. The molecular formula is C21H17F6N3O6S2. The first-order valence-corrected chi connectivity index (χ1v) is 12.5. The fraction of sp³-hybridized carbons (Fsp3) is 0.190. The van der Waals surface area contributed by atoms with E-state index in [1.54, 1.807) is 0 Å². The SMILES string of the molecule is O=C(NCCN(C(F)(F)F)S(=O)(=O)c1sccc1-c1ccccc1Oc1ccc(O)c(O)c1)NC(F)(F)F. The number of carbonyl (C=O) groups excluding carboxylic acids is 1. The Labute approximate surface area is 214 Å². The molecule has 0 bridgehead atoms. The number of hydrogen-bond donors (Lipinski definition) is 4. The Morgan fingerprint density at radius 1 is 0.974 bits per heavy atom. The van der Waals surface area contributed by atoms with Crippen molar-refractivity contribution in [3.63, 3.8) is 0 Å². The van der Waals surface area contributed by atoms with E-state index in [0.717, 1.165) is 12.1 Å². The highest BCUT2D eigenvalue weighted by molar-refractivity contribution is 7.91. The molecule has 2 amide bonds. The van der Waals surface area contributed by atoms with Gasteiger partial charge in [0.1, 0.15) is 15.7 Å². The maximum Gasteiger partial charge on any atom is 0.485 e. The number of para-hydroxylation sites is 1. The molecule has 206 valence electrons. The maximum absolute atomic E-state index is 13.7. The number of aromatic hydroxyl groups is 2. The number of phenolic OH excluding ortho intramolecular Hbond substituents is 2. The number of alkyl halides is 6. The van der Waals surface area contributed by atoms with E-state index in [4.69, 9.17) is 4.74 Å². The van der Waals surface area contributed by atoms with Crippen molar-refractivity contribution in [1.82, 2.24) is 14.9 Å². The molecule has 0 saturated heterocycles. The lowest BCUT2D eigenvalue weighted by atomic mass is 10.1. The highest BCUT2D eigenvalue weighted by atomic mass is 32.2. The number of rotatable bonds is 8. The van der Waals surface area contributed by atoms with E-state index in [2.05, 4.69) is 0 Å². The molecule has 0 spiro atoms. The number of nitrogens with one attached hydrogen (secondary N) is 2. The Hall–Kier alpha value is -3.70. The van der Waals surface area contributed by atoms with Crippen LogP contribution in [0.1, 0.15) is 0 Å². The Bertz CT molecular complexity index is 1410. The summed E-state index contributed by atoms with van der Waals surface area (Å²) in [7, 11) is -5.32. The lowest BCUT2D eigenvalue weighted by Gasteiger charge is -2.24. The average Bonchev–Trinajstić information content (AvgIpc) is 3.28. The molecule has 3 rings (SSSR count). The average molecular weight is 586 g/mol. The van der Waals surface area contributed by atoms with Gasteiger partial charge in [0.15, 0.2) is 11.5 Å². The molecule has 2 aromatic carbocycles. The van der Waals surface area contributed by atoms with Crippen molar-refractivity contribution in [2.24, 2.45) is 0 Å². The minimum absolute atomic E-state index is 0.00325. The van der Waals surface area contributed by atoms with Gasteiger partial charge in [0.25, 0.3) is 10.0 Å². The Morgan fingerprint density at radius 3 is 2.29 bits per heavy atom. The van der Waals surface area contributed by atoms with Gasteiger partial charge in [-0.3, -0.25) is 0 Å². The predicted octanol–water partition coefficient (Wildman–Crippen LogP) is 4.95. The third-order valence-electron chi connectivity index (χ3n) is 4.64. The molecule has 0 saturated carbocycles. The van der Waals surface area contributed by atoms with Crippen molar-refractivity contribution in [3.05, 3.63) is 53.9 Å². The molecule has 4 N–H and O–H groups in total. The van der Waals surface area contributed by atoms with Crippen molar-refractivity contribution >= 4 is 27.4 Å². The van der Waals surface area contributed by atoms with Crippen LogP contribution in [0.15, 0.2) is 58.1 Å². The predicted molar refractivity (Wildman–Crippen MR) is 122 cm³/mol. The summed E-state index contributed by atoms with van der Waals surface area (Å²) in [6, 6.07) is 8.56. The van der Waals surface area contributed by atoms with E-state index in [1.165, 1.54) is 47.1 Å². The number of phenols is 2. The van der Waals surface area contributed by atoms with Crippen LogP contribution in [0.5, 0.6) is 23.0 Å². The number of carbonyl (C=O) groups is 1. The number of benzene rings is 2. The van der Waals surface area contributed by atoms with Gasteiger partial charge in [-0.25, -0.2) is 18.5 Å². The molecule has 0 aliphatic rings. The maximum atomic E-state index is 13.7. The van der Waals surface area contributed by atoms with Crippen molar-refractivity contribution in [2.75, 3.05) is 13.1 Å². The number of sulfonamides is 1. The quantitative estimate of drug-likeness (QED) is 0.168. The third-order valence-corrected chi connectivity index (χ3v) is 7.93. The summed E-state index contributed by atoms with van der Waals surface area (Å²) in [6.07, 6.45) is -10.6. The van der Waals surface area contributed by atoms with Gasteiger partial charge >= 0.3 is 18.6 Å². The van der Waals surface area contributed by atoms with Crippen LogP contribution in [0.3, 0.4) is 0 Å². The van der Waals surface area contributed by atoms with Crippen molar-refractivity contribution < 1.29 is 54.5 Å². The van der Waals surface area contributed by atoms with Crippen LogP contribution in [0.25, 0.3) is 11.1 Å². The van der Waals surface area contributed by atoms with Crippen LogP contribution < -0.4 is 15.4 Å². The molecule has 0 unspecified atom stereocenters. The molecular weight excluding hydrogens is 568 g/mol. The van der Waals surface area contributed by atoms with Crippen LogP contribution in [-0.2, 0) is 10.0 Å². The second-order valence-corrected chi connectivity index (χ2v) is 10.3. The van der Waals surface area contributed by atoms with E-state index in [-0.39, 0.29) is 22.6 Å². The Balaban J connectivity index is 1.92. The van der Waals surface area contributed by atoms with Crippen LogP contribution in [0.2, 0.25) is 0 Å². The second kappa shape index (κ2) is 11.0. The lowest BCUT2D eigenvalue weighted by molar-refractivity contribution is -0.209.